The van der Waals surface area contributed by atoms with Crippen LogP contribution in [-0.2, 0) is 0 Å². The van der Waals surface area contributed by atoms with Crippen LogP contribution in [0.1, 0.15) is 25.0 Å². The number of aryl methyl sites for hydroxylation is 2. The molecule has 0 saturated carbocycles. The van der Waals surface area contributed by atoms with Crippen molar-refractivity contribution in [3.63, 3.8) is 0 Å². The maximum atomic E-state index is 12.7. The SMILES string of the molecule is CC.Cc1cc(C)c(Br)cc1F. The van der Waals surface area contributed by atoms with Crippen molar-refractivity contribution in [2.24, 2.45) is 0 Å². The summed E-state index contributed by atoms with van der Waals surface area (Å²) in [6.45, 7) is 7.70. The molecule has 1 aromatic rings. The van der Waals surface area contributed by atoms with Gasteiger partial charge in [-0.2, -0.15) is 0 Å². The third-order valence-electron chi connectivity index (χ3n) is 1.44. The Hall–Kier alpha value is -0.370. The third kappa shape index (κ3) is 2.94. The maximum absolute atomic E-state index is 12.7. The molecule has 0 aromatic heterocycles. The van der Waals surface area contributed by atoms with Gasteiger partial charge < -0.3 is 0 Å². The Bertz CT molecular complexity index is 206. The Balaban J connectivity index is 0.000000561. The van der Waals surface area contributed by atoms with Gasteiger partial charge in [0.15, 0.2) is 0 Å². The summed E-state index contributed by atoms with van der Waals surface area (Å²) in [4.78, 5) is 0. The average Bonchev–Trinajstić information content (AvgIpc) is 2.05. The number of benzene rings is 1. The average molecular weight is 233 g/mol. The van der Waals surface area contributed by atoms with Gasteiger partial charge in [-0.3, -0.25) is 0 Å². The summed E-state index contributed by atoms with van der Waals surface area (Å²) in [5.41, 5.74) is 1.76. The molecule has 0 N–H and O–H groups in total. The van der Waals surface area contributed by atoms with E-state index in [1.54, 1.807) is 6.92 Å². The number of hydrogen-bond donors (Lipinski definition) is 0. The fraction of sp³-hybridized carbons (Fsp3) is 0.400. The minimum Gasteiger partial charge on any atom is -0.207 e. The quantitative estimate of drug-likeness (QED) is 0.629. The molecule has 0 aliphatic carbocycles. The summed E-state index contributed by atoms with van der Waals surface area (Å²) in [6.07, 6.45) is 0. The van der Waals surface area contributed by atoms with Crippen LogP contribution in [0.2, 0.25) is 0 Å². The lowest BCUT2D eigenvalue weighted by molar-refractivity contribution is 0.617. The van der Waals surface area contributed by atoms with Crippen LogP contribution in [-0.4, -0.2) is 0 Å². The molecule has 0 aliphatic heterocycles. The zero-order valence-corrected chi connectivity index (χ0v) is 9.50. The smallest absolute Gasteiger partial charge is 0.127 e. The van der Waals surface area contributed by atoms with E-state index in [-0.39, 0.29) is 5.82 Å². The Morgan fingerprint density at radius 2 is 1.58 bits per heavy atom. The van der Waals surface area contributed by atoms with E-state index in [2.05, 4.69) is 15.9 Å². The van der Waals surface area contributed by atoms with Gasteiger partial charge in [-0.05, 0) is 31.0 Å². The first kappa shape index (κ1) is 11.6. The molecule has 0 amide bonds. The molecular weight excluding hydrogens is 219 g/mol. The van der Waals surface area contributed by atoms with Gasteiger partial charge in [-0.25, -0.2) is 4.39 Å². The standard InChI is InChI=1S/C8H8BrF.C2H6/c1-5-3-6(2)8(10)4-7(5)9;1-2/h3-4H,1-2H3;1-2H3. The Morgan fingerprint density at radius 1 is 1.08 bits per heavy atom. The van der Waals surface area contributed by atoms with Crippen LogP contribution in [0.4, 0.5) is 4.39 Å². The number of hydrogen-bond acceptors (Lipinski definition) is 0. The third-order valence-corrected chi connectivity index (χ3v) is 2.29. The van der Waals surface area contributed by atoms with E-state index in [1.165, 1.54) is 6.07 Å². The molecule has 0 saturated heterocycles. The van der Waals surface area contributed by atoms with Gasteiger partial charge in [0.1, 0.15) is 5.82 Å². The summed E-state index contributed by atoms with van der Waals surface area (Å²) >= 11 is 3.24. The van der Waals surface area contributed by atoms with Crippen molar-refractivity contribution in [3.05, 3.63) is 33.5 Å². The van der Waals surface area contributed by atoms with E-state index in [0.29, 0.717) is 5.56 Å². The summed E-state index contributed by atoms with van der Waals surface area (Å²) in [6, 6.07) is 3.31. The van der Waals surface area contributed by atoms with Gasteiger partial charge >= 0.3 is 0 Å². The van der Waals surface area contributed by atoms with E-state index in [1.807, 2.05) is 26.8 Å². The molecule has 0 radical (unpaired) electrons. The molecule has 0 nitrogen and oxygen atoms in total. The first-order chi connectivity index (χ1) is 5.61. The Morgan fingerprint density at radius 3 is 2.00 bits per heavy atom. The van der Waals surface area contributed by atoms with E-state index in [0.717, 1.165) is 10.0 Å². The van der Waals surface area contributed by atoms with Gasteiger partial charge in [0, 0.05) is 4.47 Å². The molecule has 0 bridgehead atoms. The van der Waals surface area contributed by atoms with E-state index in [4.69, 9.17) is 0 Å². The topological polar surface area (TPSA) is 0 Å². The predicted octanol–water partition coefficient (Wildman–Crippen LogP) is 4.23. The first-order valence-corrected chi connectivity index (χ1v) is 4.83. The summed E-state index contributed by atoms with van der Waals surface area (Å²) in [7, 11) is 0. The summed E-state index contributed by atoms with van der Waals surface area (Å²) in [5.74, 6) is -0.155. The van der Waals surface area contributed by atoms with E-state index in [9.17, 15) is 4.39 Å². The Kier molecular flexibility index (Phi) is 5.14. The van der Waals surface area contributed by atoms with Crippen LogP contribution in [0, 0.1) is 19.7 Å². The highest BCUT2D eigenvalue weighted by molar-refractivity contribution is 9.10. The second-order valence-corrected chi connectivity index (χ2v) is 3.20. The number of rotatable bonds is 0. The second-order valence-electron chi connectivity index (χ2n) is 2.35. The van der Waals surface area contributed by atoms with Crippen molar-refractivity contribution in [1.29, 1.82) is 0 Å². The van der Waals surface area contributed by atoms with Crippen molar-refractivity contribution in [3.8, 4) is 0 Å². The lowest BCUT2D eigenvalue weighted by Gasteiger charge is -1.99. The van der Waals surface area contributed by atoms with Crippen LogP contribution < -0.4 is 0 Å². The maximum Gasteiger partial charge on any atom is 0.127 e. The molecular formula is C10H14BrF. The minimum atomic E-state index is -0.155. The second kappa shape index (κ2) is 5.31. The van der Waals surface area contributed by atoms with Crippen molar-refractivity contribution in [1.82, 2.24) is 0 Å². The fourth-order valence-electron chi connectivity index (χ4n) is 0.802. The van der Waals surface area contributed by atoms with E-state index >= 15 is 0 Å². The normalized spacial score (nSPS) is 8.83. The molecule has 0 aliphatic rings. The highest BCUT2D eigenvalue weighted by atomic mass is 79.9. The minimum absolute atomic E-state index is 0.155. The molecule has 0 fully saturated rings. The predicted molar refractivity (Wildman–Crippen MR) is 54.9 cm³/mol. The molecule has 1 rings (SSSR count). The lowest BCUT2D eigenvalue weighted by Crippen LogP contribution is -1.84. The molecule has 0 unspecified atom stereocenters. The summed E-state index contributed by atoms with van der Waals surface area (Å²) < 4.78 is 13.6. The van der Waals surface area contributed by atoms with Crippen molar-refractivity contribution in [2.75, 3.05) is 0 Å². The van der Waals surface area contributed by atoms with Gasteiger partial charge in [0.25, 0.3) is 0 Å². The van der Waals surface area contributed by atoms with Crippen LogP contribution >= 0.6 is 15.9 Å². The highest BCUT2D eigenvalue weighted by Gasteiger charge is 1.99. The van der Waals surface area contributed by atoms with Crippen LogP contribution in [0.25, 0.3) is 0 Å². The van der Waals surface area contributed by atoms with Crippen molar-refractivity contribution < 1.29 is 4.39 Å². The van der Waals surface area contributed by atoms with Gasteiger partial charge in [-0.15, -0.1) is 0 Å². The van der Waals surface area contributed by atoms with E-state index < -0.39 is 0 Å². The van der Waals surface area contributed by atoms with Crippen LogP contribution in [0.3, 0.4) is 0 Å². The van der Waals surface area contributed by atoms with Gasteiger partial charge in [0.2, 0.25) is 0 Å². The summed E-state index contributed by atoms with van der Waals surface area (Å²) in [5, 5.41) is 0. The molecule has 1 aromatic carbocycles. The molecule has 12 heavy (non-hydrogen) atoms. The molecule has 0 spiro atoms. The molecule has 0 heterocycles. The zero-order valence-electron chi connectivity index (χ0n) is 7.91. The highest BCUT2D eigenvalue weighted by Crippen LogP contribution is 2.19. The van der Waals surface area contributed by atoms with Crippen LogP contribution in [0.5, 0.6) is 0 Å². The monoisotopic (exact) mass is 232 g/mol. The zero-order chi connectivity index (χ0) is 9.72. The van der Waals surface area contributed by atoms with Crippen LogP contribution in [0.15, 0.2) is 16.6 Å². The fourth-order valence-corrected chi connectivity index (χ4v) is 1.12. The van der Waals surface area contributed by atoms with Gasteiger partial charge in [-0.1, -0.05) is 35.8 Å². The molecule has 2 heteroatoms. The molecule has 0 atom stereocenters. The number of halogens is 2. The first-order valence-electron chi connectivity index (χ1n) is 4.03. The van der Waals surface area contributed by atoms with Gasteiger partial charge in [0.05, 0.1) is 0 Å². The van der Waals surface area contributed by atoms with Crippen molar-refractivity contribution >= 4 is 15.9 Å². The largest absolute Gasteiger partial charge is 0.207 e. The Labute approximate surface area is 81.9 Å². The van der Waals surface area contributed by atoms with Crippen molar-refractivity contribution in [2.45, 2.75) is 27.7 Å². The lowest BCUT2D eigenvalue weighted by atomic mass is 10.1. The molecule has 68 valence electrons.